The number of hydrogen-bond acceptors (Lipinski definition) is 3. The third-order valence-corrected chi connectivity index (χ3v) is 1.52. The Morgan fingerprint density at radius 2 is 1.85 bits per heavy atom. The number of carbonyl (C=O) groups excluding carboxylic acids is 1. The summed E-state index contributed by atoms with van der Waals surface area (Å²) in [5.41, 5.74) is 4.80. The Balaban J connectivity index is 3.20. The minimum absolute atomic E-state index is 0.185. The third-order valence-electron chi connectivity index (χ3n) is 1.52. The fraction of sp³-hybridized carbons (Fsp3) is 0.125. The Morgan fingerprint density at radius 1 is 1.38 bits per heavy atom. The molecule has 1 aromatic carbocycles. The molecule has 13 heavy (non-hydrogen) atoms. The van der Waals surface area contributed by atoms with Crippen molar-refractivity contribution >= 4 is 5.78 Å². The van der Waals surface area contributed by atoms with Crippen molar-refractivity contribution in [3.63, 3.8) is 0 Å². The maximum atomic E-state index is 12.7. The highest BCUT2D eigenvalue weighted by Crippen LogP contribution is 2.21. The van der Waals surface area contributed by atoms with Crippen LogP contribution in [0.1, 0.15) is 10.4 Å². The van der Waals surface area contributed by atoms with E-state index in [4.69, 9.17) is 10.8 Å². The predicted molar refractivity (Wildman–Crippen MR) is 41.4 cm³/mol. The molecule has 0 bridgehead atoms. The first kappa shape index (κ1) is 9.60. The lowest BCUT2D eigenvalue weighted by Gasteiger charge is -2.01. The van der Waals surface area contributed by atoms with E-state index >= 15 is 0 Å². The van der Waals surface area contributed by atoms with E-state index < -0.39 is 23.2 Å². The van der Waals surface area contributed by atoms with Crippen molar-refractivity contribution in [3.05, 3.63) is 29.3 Å². The number of ketones is 1. The molecule has 1 rings (SSSR count). The van der Waals surface area contributed by atoms with E-state index in [-0.39, 0.29) is 12.1 Å². The van der Waals surface area contributed by atoms with Gasteiger partial charge in [-0.2, -0.15) is 0 Å². The summed E-state index contributed by atoms with van der Waals surface area (Å²) in [7, 11) is 0. The molecular formula is C8H7F2NO2. The van der Waals surface area contributed by atoms with Gasteiger partial charge >= 0.3 is 0 Å². The highest BCUT2D eigenvalue weighted by Gasteiger charge is 2.12. The van der Waals surface area contributed by atoms with Gasteiger partial charge < -0.3 is 10.8 Å². The lowest BCUT2D eigenvalue weighted by Crippen LogP contribution is -2.14. The molecule has 1 aromatic rings. The van der Waals surface area contributed by atoms with E-state index in [1.807, 2.05) is 0 Å². The van der Waals surface area contributed by atoms with Gasteiger partial charge in [0.15, 0.2) is 23.2 Å². The zero-order valence-corrected chi connectivity index (χ0v) is 6.55. The summed E-state index contributed by atoms with van der Waals surface area (Å²) >= 11 is 0. The zero-order chi connectivity index (χ0) is 10.0. The van der Waals surface area contributed by atoms with E-state index in [1.54, 1.807) is 0 Å². The van der Waals surface area contributed by atoms with Crippen LogP contribution < -0.4 is 5.73 Å². The van der Waals surface area contributed by atoms with Crippen molar-refractivity contribution in [1.82, 2.24) is 0 Å². The van der Waals surface area contributed by atoms with Crippen molar-refractivity contribution in [3.8, 4) is 5.75 Å². The largest absolute Gasteiger partial charge is 0.503 e. The average molecular weight is 187 g/mol. The summed E-state index contributed by atoms with van der Waals surface area (Å²) in [5, 5.41) is 8.69. The first-order chi connectivity index (χ1) is 6.06. The molecule has 0 saturated heterocycles. The molecule has 0 saturated carbocycles. The molecule has 0 aliphatic carbocycles. The number of phenols is 1. The summed E-state index contributed by atoms with van der Waals surface area (Å²) in [6.07, 6.45) is 0. The van der Waals surface area contributed by atoms with Crippen molar-refractivity contribution in [2.75, 3.05) is 6.54 Å². The van der Waals surface area contributed by atoms with Crippen LogP contribution in [0.2, 0.25) is 0 Å². The smallest absolute Gasteiger partial charge is 0.187 e. The SMILES string of the molecule is NCC(=O)c1cc(F)c(O)c(F)c1. The van der Waals surface area contributed by atoms with Crippen LogP contribution >= 0.6 is 0 Å². The molecule has 0 radical (unpaired) electrons. The molecule has 0 spiro atoms. The Labute approximate surface area is 72.8 Å². The van der Waals surface area contributed by atoms with Crippen LogP contribution in [-0.4, -0.2) is 17.4 Å². The van der Waals surface area contributed by atoms with Gasteiger partial charge in [-0.05, 0) is 12.1 Å². The molecule has 0 aliphatic heterocycles. The quantitative estimate of drug-likeness (QED) is 0.673. The van der Waals surface area contributed by atoms with Crippen molar-refractivity contribution < 1.29 is 18.7 Å². The number of Topliss-reactive ketones (excluding diaryl/α,β-unsaturated/α-hetero) is 1. The fourth-order valence-electron chi connectivity index (χ4n) is 0.844. The molecule has 0 atom stereocenters. The van der Waals surface area contributed by atoms with Crippen molar-refractivity contribution in [1.29, 1.82) is 0 Å². The Bertz CT molecular complexity index is 329. The molecule has 0 amide bonds. The molecule has 3 N–H and O–H groups in total. The number of phenolic OH excluding ortho intramolecular Hbond substituents is 1. The van der Waals surface area contributed by atoms with Crippen LogP contribution in [-0.2, 0) is 0 Å². The summed E-state index contributed by atoms with van der Waals surface area (Å²) in [6, 6.07) is 1.49. The van der Waals surface area contributed by atoms with Gasteiger partial charge in [0.25, 0.3) is 0 Å². The lowest BCUT2D eigenvalue weighted by molar-refractivity contribution is 0.100. The monoisotopic (exact) mass is 187 g/mol. The molecule has 0 aliphatic rings. The number of rotatable bonds is 2. The molecule has 0 aromatic heterocycles. The van der Waals surface area contributed by atoms with Gasteiger partial charge in [0, 0.05) is 5.56 Å². The number of hydrogen-bond donors (Lipinski definition) is 2. The van der Waals surface area contributed by atoms with E-state index in [0.29, 0.717) is 0 Å². The Hall–Kier alpha value is -1.49. The third kappa shape index (κ3) is 1.81. The zero-order valence-electron chi connectivity index (χ0n) is 6.55. The van der Waals surface area contributed by atoms with Crippen LogP contribution in [0.25, 0.3) is 0 Å². The summed E-state index contributed by atoms with van der Waals surface area (Å²) in [5.74, 6) is -4.01. The highest BCUT2D eigenvalue weighted by atomic mass is 19.1. The molecule has 5 heteroatoms. The molecule has 3 nitrogen and oxygen atoms in total. The first-order valence-corrected chi connectivity index (χ1v) is 3.47. The molecule has 0 fully saturated rings. The average Bonchev–Trinajstić information content (AvgIpc) is 2.12. The van der Waals surface area contributed by atoms with Crippen LogP contribution in [0.3, 0.4) is 0 Å². The number of carbonyl (C=O) groups is 1. The highest BCUT2D eigenvalue weighted by molar-refractivity contribution is 5.97. The maximum absolute atomic E-state index is 12.7. The van der Waals surface area contributed by atoms with Gasteiger partial charge in [0.1, 0.15) is 0 Å². The topological polar surface area (TPSA) is 63.3 Å². The number of aromatic hydroxyl groups is 1. The molecule has 70 valence electrons. The van der Waals surface area contributed by atoms with E-state index in [0.717, 1.165) is 12.1 Å². The van der Waals surface area contributed by atoms with Gasteiger partial charge in [0.05, 0.1) is 6.54 Å². The molecule has 0 unspecified atom stereocenters. The maximum Gasteiger partial charge on any atom is 0.187 e. The second-order valence-corrected chi connectivity index (χ2v) is 2.42. The lowest BCUT2D eigenvalue weighted by atomic mass is 10.1. The van der Waals surface area contributed by atoms with Gasteiger partial charge in [-0.25, -0.2) is 8.78 Å². The van der Waals surface area contributed by atoms with Crippen LogP contribution in [0, 0.1) is 11.6 Å². The minimum Gasteiger partial charge on any atom is -0.503 e. The minimum atomic E-state index is -1.17. The second kappa shape index (κ2) is 3.49. The fourth-order valence-corrected chi connectivity index (χ4v) is 0.844. The summed E-state index contributed by atoms with van der Waals surface area (Å²) in [4.78, 5) is 10.9. The number of nitrogens with two attached hydrogens (primary N) is 1. The number of benzene rings is 1. The van der Waals surface area contributed by atoms with Gasteiger partial charge in [-0.1, -0.05) is 0 Å². The van der Waals surface area contributed by atoms with Crippen LogP contribution in [0.4, 0.5) is 8.78 Å². The van der Waals surface area contributed by atoms with E-state index in [9.17, 15) is 13.6 Å². The Kier molecular flexibility index (Phi) is 2.57. The van der Waals surface area contributed by atoms with Crippen molar-refractivity contribution in [2.45, 2.75) is 0 Å². The van der Waals surface area contributed by atoms with Gasteiger partial charge in [-0.15, -0.1) is 0 Å². The molecular weight excluding hydrogens is 180 g/mol. The van der Waals surface area contributed by atoms with Crippen LogP contribution in [0.5, 0.6) is 5.75 Å². The van der Waals surface area contributed by atoms with Gasteiger partial charge in [0.2, 0.25) is 0 Å². The molecule has 0 heterocycles. The second-order valence-electron chi connectivity index (χ2n) is 2.42. The van der Waals surface area contributed by atoms with Crippen LogP contribution in [0.15, 0.2) is 12.1 Å². The number of halogens is 2. The Morgan fingerprint density at radius 3 is 2.23 bits per heavy atom. The van der Waals surface area contributed by atoms with Gasteiger partial charge in [-0.3, -0.25) is 4.79 Å². The first-order valence-electron chi connectivity index (χ1n) is 3.47. The van der Waals surface area contributed by atoms with Crippen molar-refractivity contribution in [2.24, 2.45) is 5.73 Å². The van der Waals surface area contributed by atoms with E-state index in [2.05, 4.69) is 0 Å². The summed E-state index contributed by atoms with van der Waals surface area (Å²) in [6.45, 7) is -0.330. The normalized spacial score (nSPS) is 10.1. The standard InChI is InChI=1S/C8H7F2NO2/c9-5-1-4(7(12)3-11)2-6(10)8(5)13/h1-2,13H,3,11H2. The summed E-state index contributed by atoms with van der Waals surface area (Å²) < 4.78 is 25.3. The predicted octanol–water partition coefficient (Wildman–Crippen LogP) is 0.812. The van der Waals surface area contributed by atoms with E-state index in [1.165, 1.54) is 0 Å².